The Morgan fingerprint density at radius 1 is 1.13 bits per heavy atom. The fourth-order valence-electron chi connectivity index (χ4n) is 3.76. The average Bonchev–Trinajstić information content (AvgIpc) is 3.00. The number of aromatic nitrogens is 1. The molecule has 0 fully saturated rings. The van der Waals surface area contributed by atoms with Gasteiger partial charge in [0.1, 0.15) is 5.82 Å². The normalized spacial score (nSPS) is 13.5. The van der Waals surface area contributed by atoms with Crippen LogP contribution in [-0.4, -0.2) is 33.0 Å². The molecule has 1 aromatic heterocycles. The Hall–Kier alpha value is -1.96. The van der Waals surface area contributed by atoms with Gasteiger partial charge < -0.3 is 24.7 Å². The topological polar surface area (TPSA) is 85.5 Å². The SMILES string of the molecule is CC(C)n1c(/C=C/C(O)CC(O)CC(=O)[O-])c(-c2ccc(F)cc2)c2ccccc21.[Na+]. The van der Waals surface area contributed by atoms with Crippen LogP contribution in [0.15, 0.2) is 54.6 Å². The number of fused-ring (bicyclic) bond motifs is 1. The van der Waals surface area contributed by atoms with Crippen molar-refractivity contribution in [3.63, 3.8) is 0 Å². The quantitative estimate of drug-likeness (QED) is 0.501. The van der Waals surface area contributed by atoms with E-state index in [1.54, 1.807) is 24.3 Å². The molecule has 0 amide bonds. The molecule has 0 aliphatic carbocycles. The van der Waals surface area contributed by atoms with Gasteiger partial charge in [-0.1, -0.05) is 36.4 Å². The summed E-state index contributed by atoms with van der Waals surface area (Å²) >= 11 is 0. The summed E-state index contributed by atoms with van der Waals surface area (Å²) < 4.78 is 15.6. The molecule has 2 aromatic carbocycles. The van der Waals surface area contributed by atoms with Crippen molar-refractivity contribution in [3.05, 3.63) is 66.1 Å². The first-order valence-electron chi connectivity index (χ1n) is 9.91. The number of aliphatic hydroxyl groups is 2. The summed E-state index contributed by atoms with van der Waals surface area (Å²) in [5.41, 5.74) is 3.61. The van der Waals surface area contributed by atoms with Crippen LogP contribution in [0.1, 0.15) is 38.4 Å². The van der Waals surface area contributed by atoms with Crippen LogP contribution in [-0.2, 0) is 4.79 Å². The van der Waals surface area contributed by atoms with Gasteiger partial charge in [-0.25, -0.2) is 4.39 Å². The van der Waals surface area contributed by atoms with Gasteiger partial charge in [0, 0.05) is 47.0 Å². The number of carbonyl (C=O) groups is 1. The van der Waals surface area contributed by atoms with Crippen LogP contribution in [0.3, 0.4) is 0 Å². The molecule has 2 atom stereocenters. The number of carbonyl (C=O) groups excluding carboxylic acids is 1. The van der Waals surface area contributed by atoms with Gasteiger partial charge in [-0.2, -0.15) is 0 Å². The second-order valence-electron chi connectivity index (χ2n) is 7.64. The molecule has 0 spiro atoms. The maximum atomic E-state index is 13.5. The first-order valence-corrected chi connectivity index (χ1v) is 9.91. The van der Waals surface area contributed by atoms with Gasteiger partial charge in [-0.15, -0.1) is 0 Å². The van der Waals surface area contributed by atoms with E-state index in [-0.39, 0.29) is 47.8 Å². The van der Waals surface area contributed by atoms with Gasteiger partial charge in [0.05, 0.1) is 12.2 Å². The zero-order chi connectivity index (χ0) is 21.8. The van der Waals surface area contributed by atoms with E-state index in [1.165, 1.54) is 12.1 Å². The molecule has 0 aliphatic rings. The fourth-order valence-corrected chi connectivity index (χ4v) is 3.76. The van der Waals surface area contributed by atoms with Crippen LogP contribution in [0, 0.1) is 5.82 Å². The van der Waals surface area contributed by atoms with Gasteiger partial charge in [0.15, 0.2) is 0 Å². The molecule has 2 unspecified atom stereocenters. The second kappa shape index (κ2) is 11.1. The minimum atomic E-state index is -1.36. The van der Waals surface area contributed by atoms with Gasteiger partial charge in [0.2, 0.25) is 0 Å². The number of carboxylic acids is 1. The Morgan fingerprint density at radius 2 is 1.77 bits per heavy atom. The molecule has 2 N–H and O–H groups in total. The number of aliphatic hydroxyl groups excluding tert-OH is 2. The van der Waals surface area contributed by atoms with Crippen molar-refractivity contribution in [1.82, 2.24) is 4.57 Å². The Kier molecular flexibility index (Phi) is 9.03. The number of hydrogen-bond donors (Lipinski definition) is 2. The summed E-state index contributed by atoms with van der Waals surface area (Å²) in [6, 6.07) is 14.3. The molecule has 1 heterocycles. The number of aliphatic carboxylic acids is 1. The zero-order valence-corrected chi connectivity index (χ0v) is 20.0. The minimum Gasteiger partial charge on any atom is -0.550 e. The molecule has 158 valence electrons. The van der Waals surface area contributed by atoms with Gasteiger partial charge in [-0.3, -0.25) is 0 Å². The molecule has 5 nitrogen and oxygen atoms in total. The third kappa shape index (κ3) is 6.05. The maximum Gasteiger partial charge on any atom is 1.00 e. The second-order valence-corrected chi connectivity index (χ2v) is 7.64. The van der Waals surface area contributed by atoms with E-state index >= 15 is 0 Å². The van der Waals surface area contributed by atoms with Gasteiger partial charge in [0.25, 0.3) is 0 Å². The van der Waals surface area contributed by atoms with Gasteiger partial charge >= 0.3 is 29.6 Å². The van der Waals surface area contributed by atoms with Crippen molar-refractivity contribution in [3.8, 4) is 11.1 Å². The largest absolute Gasteiger partial charge is 1.00 e. The summed E-state index contributed by atoms with van der Waals surface area (Å²) in [7, 11) is 0. The van der Waals surface area contributed by atoms with Crippen LogP contribution < -0.4 is 34.7 Å². The number of hydrogen-bond acceptors (Lipinski definition) is 4. The molecular weight excluding hydrogens is 408 g/mol. The molecule has 0 radical (unpaired) electrons. The minimum absolute atomic E-state index is 0. The number of benzene rings is 2. The van der Waals surface area contributed by atoms with Crippen LogP contribution in [0.25, 0.3) is 28.1 Å². The zero-order valence-electron chi connectivity index (χ0n) is 18.0. The molecule has 0 aliphatic heterocycles. The third-order valence-corrected chi connectivity index (χ3v) is 4.99. The van der Waals surface area contributed by atoms with Crippen LogP contribution in [0.2, 0.25) is 0 Å². The van der Waals surface area contributed by atoms with Crippen molar-refractivity contribution >= 4 is 22.9 Å². The van der Waals surface area contributed by atoms with Crippen molar-refractivity contribution in [2.45, 2.75) is 44.9 Å². The van der Waals surface area contributed by atoms with E-state index in [4.69, 9.17) is 0 Å². The first kappa shape index (κ1) is 25.3. The number of rotatable bonds is 8. The molecule has 0 saturated carbocycles. The summed E-state index contributed by atoms with van der Waals surface area (Å²) in [4.78, 5) is 10.6. The number of para-hydroxylation sites is 1. The van der Waals surface area contributed by atoms with Crippen LogP contribution in [0.4, 0.5) is 4.39 Å². The molecule has 31 heavy (non-hydrogen) atoms. The molecule has 0 bridgehead atoms. The molecule has 7 heteroatoms. The van der Waals surface area contributed by atoms with Gasteiger partial charge in [-0.05, 0) is 43.7 Å². The van der Waals surface area contributed by atoms with E-state index < -0.39 is 24.6 Å². The summed E-state index contributed by atoms with van der Waals surface area (Å²) in [6.07, 6.45) is 0.450. The van der Waals surface area contributed by atoms with Crippen LogP contribution in [0.5, 0.6) is 0 Å². The number of nitrogens with zero attached hydrogens (tertiary/aromatic N) is 1. The Balaban J connectivity index is 0.00000341. The fraction of sp³-hybridized carbons (Fsp3) is 0.292. The van der Waals surface area contributed by atoms with Crippen molar-refractivity contribution in [1.29, 1.82) is 0 Å². The Morgan fingerprint density at radius 3 is 2.39 bits per heavy atom. The summed E-state index contributed by atoms with van der Waals surface area (Å²) in [6.45, 7) is 4.11. The predicted molar refractivity (Wildman–Crippen MR) is 113 cm³/mol. The van der Waals surface area contributed by atoms with E-state index in [2.05, 4.69) is 18.4 Å². The van der Waals surface area contributed by atoms with E-state index in [0.29, 0.717) is 0 Å². The molecule has 0 saturated heterocycles. The smallest absolute Gasteiger partial charge is 0.550 e. The van der Waals surface area contributed by atoms with E-state index in [9.17, 15) is 24.5 Å². The van der Waals surface area contributed by atoms with E-state index in [1.807, 2.05) is 24.3 Å². The first-order chi connectivity index (χ1) is 14.3. The monoisotopic (exact) mass is 433 g/mol. The Bertz CT molecular complexity index is 1060. The molecule has 3 aromatic rings. The average molecular weight is 433 g/mol. The molecule has 3 rings (SSSR count). The van der Waals surface area contributed by atoms with E-state index in [0.717, 1.165) is 27.7 Å². The summed E-state index contributed by atoms with van der Waals surface area (Å²) in [5.74, 6) is -1.68. The molecular formula is C24H25FNNaO4. The third-order valence-electron chi connectivity index (χ3n) is 4.99. The van der Waals surface area contributed by atoms with Crippen molar-refractivity contribution in [2.24, 2.45) is 0 Å². The number of halogens is 1. The number of carboxylic acid groups (broad SMARTS) is 1. The van der Waals surface area contributed by atoms with Crippen molar-refractivity contribution < 1.29 is 54.1 Å². The summed E-state index contributed by atoms with van der Waals surface area (Å²) in [5, 5.41) is 31.6. The van der Waals surface area contributed by atoms with Crippen molar-refractivity contribution in [2.75, 3.05) is 0 Å². The standard InChI is InChI=1S/C24H26FNO4.Na/c1-15(2)26-21-6-4-3-5-20(21)24(16-7-9-17(25)10-8-16)22(26)12-11-18(27)13-19(28)14-23(29)30;/h3-12,15,18-19,27-28H,13-14H2,1-2H3,(H,29,30);/q;+1/p-1/b12-11+;. The predicted octanol–water partition coefficient (Wildman–Crippen LogP) is 0.297. The maximum absolute atomic E-state index is 13.5. The Labute approximate surface area is 203 Å². The van der Waals surface area contributed by atoms with Crippen LogP contribution >= 0.6 is 0 Å².